The molecule has 2 aromatic heterocycles. The standard InChI is InChI=1S/C26H25ClN4O2/c1-15(2)24-19(26(32)29-21-12-13-33-22-11-7-5-9-18(21)22)14-28-25-23(16(3)30-31(24)25)17-8-4-6-10-20(17)27/h4-11,14-15,21H,12-13H2,1-3H3,(H,29,32)/t21-/m0/s1. The number of para-hydroxylation sites is 1. The second-order valence-corrected chi connectivity index (χ2v) is 9.00. The van der Waals surface area contributed by atoms with Crippen LogP contribution in [-0.2, 0) is 0 Å². The summed E-state index contributed by atoms with van der Waals surface area (Å²) in [6.07, 6.45) is 2.37. The lowest BCUT2D eigenvalue weighted by molar-refractivity contribution is 0.0922. The summed E-state index contributed by atoms with van der Waals surface area (Å²) in [4.78, 5) is 18.1. The van der Waals surface area contributed by atoms with Crippen molar-refractivity contribution in [3.05, 3.63) is 82.3 Å². The molecule has 0 aliphatic carbocycles. The van der Waals surface area contributed by atoms with Crippen molar-refractivity contribution < 1.29 is 9.53 Å². The molecule has 0 saturated heterocycles. The van der Waals surface area contributed by atoms with Gasteiger partial charge in [0.05, 0.1) is 35.2 Å². The van der Waals surface area contributed by atoms with Gasteiger partial charge in [-0.1, -0.05) is 61.8 Å². The lowest BCUT2D eigenvalue weighted by Gasteiger charge is -2.27. The lowest BCUT2D eigenvalue weighted by atomic mass is 9.99. The van der Waals surface area contributed by atoms with Crippen LogP contribution in [0.5, 0.6) is 5.75 Å². The van der Waals surface area contributed by atoms with Gasteiger partial charge in [-0.05, 0) is 25.0 Å². The van der Waals surface area contributed by atoms with Gasteiger partial charge in [0.25, 0.3) is 5.91 Å². The fourth-order valence-electron chi connectivity index (χ4n) is 4.55. The summed E-state index contributed by atoms with van der Waals surface area (Å²) < 4.78 is 7.54. The number of nitrogens with one attached hydrogen (secondary N) is 1. The Morgan fingerprint density at radius 3 is 2.73 bits per heavy atom. The van der Waals surface area contributed by atoms with Gasteiger partial charge >= 0.3 is 0 Å². The molecule has 1 atom stereocenters. The molecule has 168 valence electrons. The number of halogens is 1. The number of benzene rings is 2. The molecule has 7 heteroatoms. The van der Waals surface area contributed by atoms with Crippen LogP contribution in [0.3, 0.4) is 0 Å². The molecule has 4 aromatic rings. The maximum atomic E-state index is 13.5. The van der Waals surface area contributed by atoms with Crippen molar-refractivity contribution in [1.82, 2.24) is 19.9 Å². The minimum absolute atomic E-state index is 0.0524. The fraction of sp³-hybridized carbons (Fsp3) is 0.269. The van der Waals surface area contributed by atoms with Gasteiger partial charge in [-0.25, -0.2) is 9.50 Å². The molecule has 1 aliphatic rings. The summed E-state index contributed by atoms with van der Waals surface area (Å²) in [5, 5.41) is 8.61. The second kappa shape index (κ2) is 8.52. The average Bonchev–Trinajstić information content (AvgIpc) is 3.14. The molecule has 1 amide bonds. The number of ether oxygens (including phenoxy) is 1. The summed E-state index contributed by atoms with van der Waals surface area (Å²) >= 11 is 6.48. The highest BCUT2D eigenvalue weighted by Crippen LogP contribution is 2.35. The number of aryl methyl sites for hydroxylation is 1. The predicted molar refractivity (Wildman–Crippen MR) is 129 cm³/mol. The first-order chi connectivity index (χ1) is 16.0. The number of amides is 1. The number of fused-ring (bicyclic) bond motifs is 2. The summed E-state index contributed by atoms with van der Waals surface area (Å²) in [5.41, 5.74) is 5.60. The molecule has 6 nitrogen and oxygen atoms in total. The van der Waals surface area contributed by atoms with Crippen LogP contribution < -0.4 is 10.1 Å². The minimum atomic E-state index is -0.165. The van der Waals surface area contributed by atoms with Crippen LogP contribution in [0.2, 0.25) is 5.02 Å². The quantitative estimate of drug-likeness (QED) is 0.422. The zero-order valence-electron chi connectivity index (χ0n) is 18.8. The highest BCUT2D eigenvalue weighted by Gasteiger charge is 2.27. The van der Waals surface area contributed by atoms with Crippen molar-refractivity contribution in [3.63, 3.8) is 0 Å². The Morgan fingerprint density at radius 1 is 1.18 bits per heavy atom. The largest absolute Gasteiger partial charge is 0.493 e. The normalized spacial score (nSPS) is 15.4. The monoisotopic (exact) mass is 460 g/mol. The van der Waals surface area contributed by atoms with Crippen LogP contribution in [0.15, 0.2) is 54.7 Å². The van der Waals surface area contributed by atoms with Crippen molar-refractivity contribution in [1.29, 1.82) is 0 Å². The van der Waals surface area contributed by atoms with E-state index in [4.69, 9.17) is 21.4 Å². The van der Waals surface area contributed by atoms with E-state index >= 15 is 0 Å². The van der Waals surface area contributed by atoms with Crippen LogP contribution in [0.1, 0.15) is 59.5 Å². The first-order valence-electron chi connectivity index (χ1n) is 11.1. The molecule has 0 unspecified atom stereocenters. The van der Waals surface area contributed by atoms with Crippen molar-refractivity contribution in [2.75, 3.05) is 6.61 Å². The summed E-state index contributed by atoms with van der Waals surface area (Å²) in [7, 11) is 0. The third-order valence-corrected chi connectivity index (χ3v) is 6.38. The Hall–Kier alpha value is -3.38. The highest BCUT2D eigenvalue weighted by atomic mass is 35.5. The van der Waals surface area contributed by atoms with E-state index in [-0.39, 0.29) is 17.9 Å². The maximum Gasteiger partial charge on any atom is 0.255 e. The smallest absolute Gasteiger partial charge is 0.255 e. The van der Waals surface area contributed by atoms with Gasteiger partial charge in [-0.2, -0.15) is 5.10 Å². The van der Waals surface area contributed by atoms with E-state index in [1.54, 1.807) is 10.7 Å². The predicted octanol–water partition coefficient (Wildman–Crippen LogP) is 5.74. The number of rotatable bonds is 4. The third-order valence-electron chi connectivity index (χ3n) is 6.05. The molecule has 1 aliphatic heterocycles. The Kier molecular flexibility index (Phi) is 5.54. The highest BCUT2D eigenvalue weighted by molar-refractivity contribution is 6.33. The van der Waals surface area contributed by atoms with Gasteiger partial charge in [-0.15, -0.1) is 0 Å². The fourth-order valence-corrected chi connectivity index (χ4v) is 4.78. The van der Waals surface area contributed by atoms with Gasteiger partial charge in [0.2, 0.25) is 0 Å². The molecule has 0 spiro atoms. The number of carbonyl (C=O) groups is 1. The number of carbonyl (C=O) groups excluding carboxylic acids is 1. The zero-order valence-corrected chi connectivity index (χ0v) is 19.6. The Bertz CT molecular complexity index is 1360. The number of hydrogen-bond donors (Lipinski definition) is 1. The van der Waals surface area contributed by atoms with E-state index in [1.165, 1.54) is 0 Å². The molecule has 3 heterocycles. The summed E-state index contributed by atoms with van der Waals surface area (Å²) in [6, 6.07) is 15.4. The van der Waals surface area contributed by atoms with Crippen molar-refractivity contribution >= 4 is 23.2 Å². The molecule has 33 heavy (non-hydrogen) atoms. The van der Waals surface area contributed by atoms with Crippen molar-refractivity contribution in [2.45, 2.75) is 39.2 Å². The molecule has 0 fully saturated rings. The topological polar surface area (TPSA) is 68.5 Å². The Balaban J connectivity index is 1.58. The van der Waals surface area contributed by atoms with Gasteiger partial charge in [0, 0.05) is 28.8 Å². The van der Waals surface area contributed by atoms with Gasteiger partial charge in [0.1, 0.15) is 5.75 Å². The molecule has 2 aromatic carbocycles. The molecular weight excluding hydrogens is 436 g/mol. The SMILES string of the molecule is Cc1nn2c(C(C)C)c(C(=O)N[C@H]3CCOc4ccccc43)cnc2c1-c1ccccc1Cl. The zero-order chi connectivity index (χ0) is 23.1. The first kappa shape index (κ1) is 21.5. The van der Waals surface area contributed by atoms with Crippen molar-refractivity contribution in [3.8, 4) is 16.9 Å². The second-order valence-electron chi connectivity index (χ2n) is 8.59. The van der Waals surface area contributed by atoms with Gasteiger partial charge in [0.15, 0.2) is 5.65 Å². The Morgan fingerprint density at radius 2 is 1.94 bits per heavy atom. The number of aromatic nitrogens is 3. The average molecular weight is 461 g/mol. The maximum absolute atomic E-state index is 13.5. The molecule has 0 radical (unpaired) electrons. The van der Waals surface area contributed by atoms with Crippen LogP contribution in [0.4, 0.5) is 0 Å². The van der Waals surface area contributed by atoms with Crippen LogP contribution in [0, 0.1) is 6.92 Å². The molecule has 1 N–H and O–H groups in total. The third kappa shape index (κ3) is 3.74. The molecule has 5 rings (SSSR count). The number of nitrogens with zero attached hydrogens (tertiary/aromatic N) is 3. The van der Waals surface area contributed by atoms with E-state index in [9.17, 15) is 4.79 Å². The first-order valence-corrected chi connectivity index (χ1v) is 11.5. The van der Waals surface area contributed by atoms with Crippen LogP contribution >= 0.6 is 11.6 Å². The van der Waals surface area contributed by atoms with Crippen LogP contribution in [-0.4, -0.2) is 27.1 Å². The van der Waals surface area contributed by atoms with E-state index in [1.807, 2.05) is 55.5 Å². The molecular formula is C26H25ClN4O2. The van der Waals surface area contributed by atoms with Crippen molar-refractivity contribution in [2.24, 2.45) is 0 Å². The Labute approximate surface area is 197 Å². The minimum Gasteiger partial charge on any atom is -0.493 e. The van der Waals surface area contributed by atoms with E-state index in [0.29, 0.717) is 29.3 Å². The van der Waals surface area contributed by atoms with Gasteiger partial charge in [-0.3, -0.25) is 4.79 Å². The van der Waals surface area contributed by atoms with E-state index in [2.05, 4.69) is 24.1 Å². The summed E-state index contributed by atoms with van der Waals surface area (Å²) in [5.74, 6) is 0.706. The summed E-state index contributed by atoms with van der Waals surface area (Å²) in [6.45, 7) is 6.62. The lowest BCUT2D eigenvalue weighted by Crippen LogP contribution is -2.33. The molecule has 0 bridgehead atoms. The number of hydrogen-bond acceptors (Lipinski definition) is 4. The molecule has 0 saturated carbocycles. The van der Waals surface area contributed by atoms with E-state index < -0.39 is 0 Å². The van der Waals surface area contributed by atoms with E-state index in [0.717, 1.165) is 33.8 Å². The van der Waals surface area contributed by atoms with Gasteiger partial charge < -0.3 is 10.1 Å². The van der Waals surface area contributed by atoms with Crippen LogP contribution in [0.25, 0.3) is 16.8 Å².